The Labute approximate surface area is 84.5 Å². The van der Waals surface area contributed by atoms with Crippen molar-refractivity contribution >= 4 is 22.4 Å². The second-order valence-electron chi connectivity index (χ2n) is 2.89. The second-order valence-corrected chi connectivity index (χ2v) is 3.78. The van der Waals surface area contributed by atoms with E-state index in [1.807, 2.05) is 23.6 Å². The SMILES string of the molecule is [c]1nc2c(-c3nccs3)cccc2[nH]1. The van der Waals surface area contributed by atoms with Crippen LogP contribution in [0.3, 0.4) is 0 Å². The zero-order valence-corrected chi connectivity index (χ0v) is 8.01. The summed E-state index contributed by atoms with van der Waals surface area (Å²) in [5, 5.41) is 2.96. The first kappa shape index (κ1) is 7.70. The van der Waals surface area contributed by atoms with Crippen LogP contribution >= 0.6 is 11.3 Å². The predicted molar refractivity (Wildman–Crippen MR) is 56.0 cm³/mol. The molecule has 1 N–H and O–H groups in total. The van der Waals surface area contributed by atoms with Gasteiger partial charge in [0, 0.05) is 17.1 Å². The third kappa shape index (κ3) is 1.04. The highest BCUT2D eigenvalue weighted by atomic mass is 32.1. The monoisotopic (exact) mass is 200 g/mol. The van der Waals surface area contributed by atoms with E-state index in [-0.39, 0.29) is 0 Å². The molecule has 0 spiro atoms. The van der Waals surface area contributed by atoms with Crippen molar-refractivity contribution in [1.82, 2.24) is 15.0 Å². The van der Waals surface area contributed by atoms with Crippen molar-refractivity contribution < 1.29 is 0 Å². The molecule has 0 atom stereocenters. The minimum atomic E-state index is 0.933. The summed E-state index contributed by atoms with van der Waals surface area (Å²) in [5.41, 5.74) is 3.00. The predicted octanol–water partition coefficient (Wildman–Crippen LogP) is 2.49. The summed E-state index contributed by atoms with van der Waals surface area (Å²) >= 11 is 1.62. The highest BCUT2D eigenvalue weighted by Gasteiger charge is 2.06. The van der Waals surface area contributed by atoms with Crippen molar-refractivity contribution in [3.8, 4) is 10.6 Å². The standard InChI is InChI=1S/C10H6N3S/c1-2-7(10-11-4-5-14-10)9-8(3-1)12-6-13-9/h1-5H,(H,12,13). The van der Waals surface area contributed by atoms with Crippen LogP contribution < -0.4 is 0 Å². The lowest BCUT2D eigenvalue weighted by Crippen LogP contribution is -1.78. The number of rotatable bonds is 1. The van der Waals surface area contributed by atoms with E-state index >= 15 is 0 Å². The molecule has 2 heterocycles. The topological polar surface area (TPSA) is 41.6 Å². The number of nitrogens with zero attached hydrogens (tertiary/aromatic N) is 2. The maximum absolute atomic E-state index is 4.27. The van der Waals surface area contributed by atoms with Gasteiger partial charge in [0.15, 0.2) is 6.33 Å². The van der Waals surface area contributed by atoms with Gasteiger partial charge in [0.1, 0.15) is 5.01 Å². The lowest BCUT2D eigenvalue weighted by Gasteiger charge is -1.96. The summed E-state index contributed by atoms with van der Waals surface area (Å²) in [6, 6.07) is 6.00. The number of nitrogens with one attached hydrogen (secondary N) is 1. The van der Waals surface area contributed by atoms with Gasteiger partial charge in [0.2, 0.25) is 0 Å². The molecule has 1 aromatic carbocycles. The fraction of sp³-hybridized carbons (Fsp3) is 0. The molecule has 14 heavy (non-hydrogen) atoms. The average Bonchev–Trinajstić information content (AvgIpc) is 2.88. The second kappa shape index (κ2) is 2.92. The van der Waals surface area contributed by atoms with Gasteiger partial charge in [-0.3, -0.25) is 0 Å². The van der Waals surface area contributed by atoms with Gasteiger partial charge in [-0.1, -0.05) is 6.07 Å². The van der Waals surface area contributed by atoms with E-state index in [4.69, 9.17) is 0 Å². The Kier molecular flexibility index (Phi) is 1.61. The lowest BCUT2D eigenvalue weighted by molar-refractivity contribution is 1.32. The molecular weight excluding hydrogens is 194 g/mol. The summed E-state index contributed by atoms with van der Waals surface area (Å²) in [7, 11) is 0. The number of benzene rings is 1. The molecule has 0 bridgehead atoms. The fourth-order valence-corrected chi connectivity index (χ4v) is 2.10. The third-order valence-electron chi connectivity index (χ3n) is 2.06. The number of H-pyrrole nitrogens is 1. The Balaban J connectivity index is 2.36. The van der Waals surface area contributed by atoms with Crippen LogP contribution in [0.5, 0.6) is 0 Å². The molecule has 0 unspecified atom stereocenters. The molecule has 3 aromatic rings. The number of imidazole rings is 1. The van der Waals surface area contributed by atoms with E-state index in [1.54, 1.807) is 17.5 Å². The number of thiazole rings is 1. The van der Waals surface area contributed by atoms with Gasteiger partial charge in [-0.2, -0.15) is 0 Å². The Morgan fingerprint density at radius 1 is 1.36 bits per heavy atom. The number of fused-ring (bicyclic) bond motifs is 1. The molecule has 0 amide bonds. The van der Waals surface area contributed by atoms with Gasteiger partial charge >= 0.3 is 0 Å². The molecule has 4 heteroatoms. The maximum Gasteiger partial charge on any atom is 0.174 e. The molecule has 0 fully saturated rings. The van der Waals surface area contributed by atoms with Crippen molar-refractivity contribution in [3.63, 3.8) is 0 Å². The van der Waals surface area contributed by atoms with E-state index in [0.717, 1.165) is 21.6 Å². The van der Waals surface area contributed by atoms with Crippen molar-refractivity contribution in [1.29, 1.82) is 0 Å². The van der Waals surface area contributed by atoms with Crippen LogP contribution in [-0.2, 0) is 0 Å². The quantitative estimate of drug-likeness (QED) is 0.655. The van der Waals surface area contributed by atoms with E-state index in [0.29, 0.717) is 0 Å². The lowest BCUT2D eigenvalue weighted by atomic mass is 10.2. The molecule has 67 valence electrons. The first-order chi connectivity index (χ1) is 6.95. The fourth-order valence-electron chi connectivity index (χ4n) is 1.44. The Hall–Kier alpha value is -1.68. The van der Waals surface area contributed by atoms with Gasteiger partial charge < -0.3 is 4.98 Å². The van der Waals surface area contributed by atoms with Crippen molar-refractivity contribution in [3.05, 3.63) is 36.1 Å². The number of hydrogen-bond acceptors (Lipinski definition) is 3. The van der Waals surface area contributed by atoms with E-state index in [2.05, 4.69) is 21.3 Å². The number of aromatic amines is 1. The smallest absolute Gasteiger partial charge is 0.174 e. The van der Waals surface area contributed by atoms with Gasteiger partial charge in [0.25, 0.3) is 0 Å². The van der Waals surface area contributed by atoms with Gasteiger partial charge in [-0.05, 0) is 12.1 Å². The van der Waals surface area contributed by atoms with Crippen LogP contribution in [0.1, 0.15) is 0 Å². The Bertz CT molecular complexity index is 554. The molecule has 0 saturated heterocycles. The Morgan fingerprint density at radius 3 is 3.21 bits per heavy atom. The molecule has 3 rings (SSSR count). The summed E-state index contributed by atoms with van der Waals surface area (Å²) in [5.74, 6) is 0. The van der Waals surface area contributed by atoms with Crippen LogP contribution in [0, 0.1) is 6.33 Å². The van der Waals surface area contributed by atoms with Crippen molar-refractivity contribution in [2.45, 2.75) is 0 Å². The molecule has 0 saturated carbocycles. The summed E-state index contributed by atoms with van der Waals surface area (Å²) in [4.78, 5) is 11.4. The number of para-hydroxylation sites is 1. The molecule has 3 nitrogen and oxygen atoms in total. The van der Waals surface area contributed by atoms with Crippen LogP contribution in [-0.4, -0.2) is 15.0 Å². The molecular formula is C10H6N3S. The van der Waals surface area contributed by atoms with Crippen LogP contribution in [0.25, 0.3) is 21.6 Å². The summed E-state index contributed by atoms with van der Waals surface area (Å²) < 4.78 is 0. The van der Waals surface area contributed by atoms with Crippen molar-refractivity contribution in [2.24, 2.45) is 0 Å². The first-order valence-corrected chi connectivity index (χ1v) is 5.08. The van der Waals surface area contributed by atoms with Gasteiger partial charge in [-0.25, -0.2) is 9.97 Å². The first-order valence-electron chi connectivity index (χ1n) is 4.20. The highest BCUT2D eigenvalue weighted by molar-refractivity contribution is 7.13. The highest BCUT2D eigenvalue weighted by Crippen LogP contribution is 2.27. The van der Waals surface area contributed by atoms with Crippen LogP contribution in [0.15, 0.2) is 29.8 Å². The van der Waals surface area contributed by atoms with Gasteiger partial charge in [0.05, 0.1) is 11.0 Å². The minimum absolute atomic E-state index is 0.933. The van der Waals surface area contributed by atoms with E-state index < -0.39 is 0 Å². The molecule has 0 aliphatic rings. The zero-order valence-electron chi connectivity index (χ0n) is 7.19. The van der Waals surface area contributed by atoms with Crippen LogP contribution in [0.2, 0.25) is 0 Å². The number of aromatic nitrogens is 3. The average molecular weight is 200 g/mol. The maximum atomic E-state index is 4.27. The molecule has 1 radical (unpaired) electrons. The van der Waals surface area contributed by atoms with Crippen molar-refractivity contribution in [2.75, 3.05) is 0 Å². The number of hydrogen-bond donors (Lipinski definition) is 1. The molecule has 0 aliphatic carbocycles. The summed E-state index contributed by atoms with van der Waals surface area (Å²) in [6.45, 7) is 0. The Morgan fingerprint density at radius 2 is 2.36 bits per heavy atom. The largest absolute Gasteiger partial charge is 0.335 e. The molecule has 0 aliphatic heterocycles. The molecule has 2 aromatic heterocycles. The van der Waals surface area contributed by atoms with Gasteiger partial charge in [-0.15, -0.1) is 11.3 Å². The van der Waals surface area contributed by atoms with Crippen LogP contribution in [0.4, 0.5) is 0 Å². The summed E-state index contributed by atoms with van der Waals surface area (Å²) in [6.07, 6.45) is 4.54. The van der Waals surface area contributed by atoms with E-state index in [1.165, 1.54) is 0 Å². The third-order valence-corrected chi connectivity index (χ3v) is 2.86. The normalized spacial score (nSPS) is 10.9. The van der Waals surface area contributed by atoms with E-state index in [9.17, 15) is 0 Å². The minimum Gasteiger partial charge on any atom is -0.335 e. The zero-order chi connectivity index (χ0) is 9.38.